The SMILES string of the molecule is CC(C)Oc1ccc(-c2cnc(N)c(C(N)=O)n2)cc1.CCc1cc2cccc(C#Cc3ccncc3)c2c(=O)n1-c1ccccc1. The van der Waals surface area contributed by atoms with Crippen LogP contribution in [0.25, 0.3) is 27.7 Å². The van der Waals surface area contributed by atoms with Gasteiger partial charge in [-0.3, -0.25) is 19.1 Å². The lowest BCUT2D eigenvalue weighted by atomic mass is 10.0. The highest BCUT2D eigenvalue weighted by molar-refractivity contribution is 5.95. The molecule has 1 amide bonds. The number of ether oxygens (including phenoxy) is 1. The van der Waals surface area contributed by atoms with Gasteiger partial charge in [-0.2, -0.15) is 0 Å². The molecular weight excluding hydrogens is 588 g/mol. The Labute approximate surface area is 272 Å². The zero-order valence-electron chi connectivity index (χ0n) is 26.3. The Hall–Kier alpha value is -6.27. The molecule has 0 radical (unpaired) electrons. The number of aromatic nitrogens is 4. The van der Waals surface area contributed by atoms with Crippen LogP contribution in [-0.4, -0.2) is 31.5 Å². The molecule has 234 valence electrons. The predicted molar refractivity (Wildman–Crippen MR) is 185 cm³/mol. The molecule has 0 spiro atoms. The highest BCUT2D eigenvalue weighted by Crippen LogP contribution is 2.23. The third-order valence-corrected chi connectivity index (χ3v) is 7.08. The van der Waals surface area contributed by atoms with Crippen LogP contribution in [0.2, 0.25) is 0 Å². The fourth-order valence-corrected chi connectivity index (χ4v) is 4.91. The van der Waals surface area contributed by atoms with E-state index in [1.807, 2.05) is 98.8 Å². The van der Waals surface area contributed by atoms with Gasteiger partial charge in [-0.25, -0.2) is 9.97 Å². The van der Waals surface area contributed by atoms with Crippen molar-refractivity contribution < 1.29 is 9.53 Å². The molecule has 0 aliphatic heterocycles. The summed E-state index contributed by atoms with van der Waals surface area (Å²) in [4.78, 5) is 36.7. The van der Waals surface area contributed by atoms with E-state index in [0.29, 0.717) is 11.1 Å². The van der Waals surface area contributed by atoms with E-state index in [4.69, 9.17) is 16.2 Å². The number of fused-ring (bicyclic) bond motifs is 1. The number of rotatable bonds is 6. The third-order valence-electron chi connectivity index (χ3n) is 7.08. The molecule has 3 aromatic heterocycles. The smallest absolute Gasteiger partial charge is 0.271 e. The van der Waals surface area contributed by atoms with Crippen LogP contribution >= 0.6 is 0 Å². The molecule has 6 aromatic rings. The van der Waals surface area contributed by atoms with E-state index in [9.17, 15) is 9.59 Å². The van der Waals surface area contributed by atoms with Crippen molar-refractivity contribution >= 4 is 22.5 Å². The van der Waals surface area contributed by atoms with Crippen molar-refractivity contribution in [2.75, 3.05) is 5.73 Å². The van der Waals surface area contributed by atoms with Gasteiger partial charge in [0.25, 0.3) is 11.5 Å². The van der Waals surface area contributed by atoms with E-state index in [1.54, 1.807) is 17.0 Å². The Bertz CT molecular complexity index is 2130. The summed E-state index contributed by atoms with van der Waals surface area (Å²) >= 11 is 0. The van der Waals surface area contributed by atoms with E-state index in [0.717, 1.165) is 45.6 Å². The van der Waals surface area contributed by atoms with Gasteiger partial charge >= 0.3 is 0 Å². The van der Waals surface area contributed by atoms with Crippen molar-refractivity contribution in [3.8, 4) is 34.5 Å². The molecule has 0 aliphatic rings. The lowest BCUT2D eigenvalue weighted by Gasteiger charge is -2.14. The monoisotopic (exact) mass is 622 g/mol. The van der Waals surface area contributed by atoms with Gasteiger partial charge in [-0.15, -0.1) is 0 Å². The average molecular weight is 623 g/mol. The highest BCUT2D eigenvalue weighted by Gasteiger charge is 2.13. The number of nitrogen functional groups attached to an aromatic ring is 1. The molecular formula is C38H34N6O3. The van der Waals surface area contributed by atoms with Gasteiger partial charge in [0.15, 0.2) is 11.5 Å². The van der Waals surface area contributed by atoms with Gasteiger partial charge in [-0.05, 0) is 86.3 Å². The van der Waals surface area contributed by atoms with Gasteiger partial charge < -0.3 is 16.2 Å². The largest absolute Gasteiger partial charge is 0.491 e. The number of nitrogens with two attached hydrogens (primary N) is 2. The standard InChI is InChI=1S/C24H18N2O.C14H16N4O2/c1-2-21-17-20-8-6-7-19(12-11-18-13-15-25-16-14-18)23(20)24(27)26(21)22-9-4-3-5-10-22;1-8(2)20-10-5-3-9(4-6-10)11-7-17-13(15)12(18-11)14(16)19/h3-10,13-17H,2H2,1H3;3-8H,1-2H3,(H2,15,17)(H2,16,19). The number of hydrogen-bond acceptors (Lipinski definition) is 7. The fourth-order valence-electron chi connectivity index (χ4n) is 4.91. The molecule has 0 saturated heterocycles. The molecule has 0 aliphatic carbocycles. The Morgan fingerprint density at radius 1 is 0.936 bits per heavy atom. The Morgan fingerprint density at radius 3 is 2.32 bits per heavy atom. The third kappa shape index (κ3) is 7.70. The van der Waals surface area contributed by atoms with Gasteiger partial charge in [0.1, 0.15) is 5.75 Å². The minimum Gasteiger partial charge on any atom is -0.491 e. The number of primary amides is 1. The number of pyridine rings is 2. The van der Waals surface area contributed by atoms with Crippen LogP contribution in [0.5, 0.6) is 5.75 Å². The lowest BCUT2D eigenvalue weighted by Crippen LogP contribution is -2.22. The van der Waals surface area contributed by atoms with Crippen LogP contribution in [0.15, 0.2) is 114 Å². The molecule has 3 aromatic carbocycles. The summed E-state index contributed by atoms with van der Waals surface area (Å²) < 4.78 is 7.35. The van der Waals surface area contributed by atoms with E-state index in [-0.39, 0.29) is 23.2 Å². The maximum atomic E-state index is 13.4. The predicted octanol–water partition coefficient (Wildman–Crippen LogP) is 5.96. The summed E-state index contributed by atoms with van der Waals surface area (Å²) in [5, 5.41) is 1.57. The van der Waals surface area contributed by atoms with Crippen LogP contribution < -0.4 is 21.8 Å². The number of amides is 1. The summed E-state index contributed by atoms with van der Waals surface area (Å²) in [6, 6.07) is 28.7. The van der Waals surface area contributed by atoms with Crippen LogP contribution in [-0.2, 0) is 6.42 Å². The molecule has 0 atom stereocenters. The first-order valence-corrected chi connectivity index (χ1v) is 15.1. The average Bonchev–Trinajstić information content (AvgIpc) is 3.08. The second-order valence-corrected chi connectivity index (χ2v) is 10.8. The molecule has 9 nitrogen and oxygen atoms in total. The molecule has 0 bridgehead atoms. The number of benzene rings is 3. The fraction of sp³-hybridized carbons (Fsp3) is 0.132. The van der Waals surface area contributed by atoms with Crippen LogP contribution in [0.1, 0.15) is 48.1 Å². The minimum absolute atomic E-state index is 0.0231. The molecule has 6 rings (SSSR count). The number of para-hydroxylation sites is 1. The molecule has 47 heavy (non-hydrogen) atoms. The first-order chi connectivity index (χ1) is 22.7. The van der Waals surface area contributed by atoms with Crippen molar-refractivity contribution in [1.82, 2.24) is 19.5 Å². The van der Waals surface area contributed by atoms with Crippen molar-refractivity contribution in [3.63, 3.8) is 0 Å². The number of hydrogen-bond donors (Lipinski definition) is 2. The van der Waals surface area contributed by atoms with E-state index < -0.39 is 5.91 Å². The maximum absolute atomic E-state index is 13.4. The van der Waals surface area contributed by atoms with Gasteiger partial charge in [-0.1, -0.05) is 49.1 Å². The number of anilines is 1. The van der Waals surface area contributed by atoms with Gasteiger partial charge in [0.05, 0.1) is 23.4 Å². The Kier molecular flexibility index (Phi) is 10.0. The normalized spacial score (nSPS) is 10.5. The summed E-state index contributed by atoms with van der Waals surface area (Å²) in [5.74, 6) is 6.40. The highest BCUT2D eigenvalue weighted by atomic mass is 16.5. The molecule has 9 heteroatoms. The van der Waals surface area contributed by atoms with E-state index >= 15 is 0 Å². The first-order valence-electron chi connectivity index (χ1n) is 15.1. The molecule has 0 unspecified atom stereocenters. The number of carbonyl (C=O) groups is 1. The van der Waals surface area contributed by atoms with Crippen LogP contribution in [0.3, 0.4) is 0 Å². The zero-order valence-corrected chi connectivity index (χ0v) is 26.3. The quantitative estimate of drug-likeness (QED) is 0.219. The molecule has 4 N–H and O–H groups in total. The topological polar surface area (TPSA) is 139 Å². The molecule has 3 heterocycles. The van der Waals surface area contributed by atoms with E-state index in [2.05, 4.69) is 39.8 Å². The second-order valence-electron chi connectivity index (χ2n) is 10.8. The summed E-state index contributed by atoms with van der Waals surface area (Å²) in [7, 11) is 0. The van der Waals surface area contributed by atoms with Crippen molar-refractivity contribution in [3.05, 3.63) is 142 Å². The summed E-state index contributed by atoms with van der Waals surface area (Å²) in [6.07, 6.45) is 5.80. The maximum Gasteiger partial charge on any atom is 0.271 e. The first kappa shape index (κ1) is 32.1. The summed E-state index contributed by atoms with van der Waals surface area (Å²) in [6.45, 7) is 5.98. The van der Waals surface area contributed by atoms with Crippen molar-refractivity contribution in [2.45, 2.75) is 33.3 Å². The van der Waals surface area contributed by atoms with Gasteiger partial charge in [0.2, 0.25) is 0 Å². The number of carbonyl (C=O) groups excluding carboxylic acids is 1. The molecule has 0 saturated carbocycles. The Balaban J connectivity index is 0.000000194. The van der Waals surface area contributed by atoms with Crippen LogP contribution in [0.4, 0.5) is 5.82 Å². The number of aryl methyl sites for hydroxylation is 1. The van der Waals surface area contributed by atoms with Crippen molar-refractivity contribution in [2.24, 2.45) is 5.73 Å². The molecule has 0 fully saturated rings. The lowest BCUT2D eigenvalue weighted by molar-refractivity contribution is 0.0996. The Morgan fingerprint density at radius 2 is 1.66 bits per heavy atom. The van der Waals surface area contributed by atoms with Gasteiger partial charge in [0, 0.05) is 40.5 Å². The van der Waals surface area contributed by atoms with Crippen molar-refractivity contribution in [1.29, 1.82) is 0 Å². The zero-order chi connectivity index (χ0) is 33.3. The van der Waals surface area contributed by atoms with E-state index in [1.165, 1.54) is 6.20 Å². The number of nitrogens with zero attached hydrogens (tertiary/aromatic N) is 4. The minimum atomic E-state index is -0.698. The second kappa shape index (κ2) is 14.7. The summed E-state index contributed by atoms with van der Waals surface area (Å²) in [5.41, 5.74) is 15.5. The van der Waals surface area contributed by atoms with Crippen LogP contribution in [0, 0.1) is 11.8 Å².